The fraction of sp³-hybridized carbons (Fsp3) is 0.353. The van der Waals surface area contributed by atoms with Crippen LogP contribution in [0, 0.1) is 0 Å². The first kappa shape index (κ1) is 16.8. The summed E-state index contributed by atoms with van der Waals surface area (Å²) in [6, 6.07) is 5.71. The van der Waals surface area contributed by atoms with E-state index in [1.54, 1.807) is 0 Å². The number of aromatic nitrogens is 1. The van der Waals surface area contributed by atoms with Crippen LogP contribution >= 0.6 is 23.4 Å². The van der Waals surface area contributed by atoms with Crippen LogP contribution in [-0.4, -0.2) is 22.2 Å². The summed E-state index contributed by atoms with van der Waals surface area (Å²) in [7, 11) is 0. The van der Waals surface area contributed by atoms with Gasteiger partial charge in [-0.3, -0.25) is 4.79 Å². The fourth-order valence-electron chi connectivity index (χ4n) is 3.24. The minimum atomic E-state index is -4.57. The number of alkyl halides is 3. The first-order valence-corrected chi connectivity index (χ1v) is 9.23. The van der Waals surface area contributed by atoms with Crippen LogP contribution in [0.15, 0.2) is 35.3 Å². The Morgan fingerprint density at radius 1 is 1.24 bits per heavy atom. The van der Waals surface area contributed by atoms with Crippen molar-refractivity contribution in [1.29, 1.82) is 0 Å². The van der Waals surface area contributed by atoms with E-state index in [2.05, 4.69) is 10.3 Å². The number of pyridine rings is 1. The van der Waals surface area contributed by atoms with Gasteiger partial charge in [0, 0.05) is 33.5 Å². The average molecular weight is 387 g/mol. The summed E-state index contributed by atoms with van der Waals surface area (Å²) in [6.45, 7) is 0. The lowest BCUT2D eigenvalue weighted by Gasteiger charge is -2.41. The van der Waals surface area contributed by atoms with Crippen LogP contribution in [0.4, 0.5) is 24.5 Å². The molecule has 2 aromatic rings. The molecule has 1 aromatic carbocycles. The monoisotopic (exact) mass is 386 g/mol. The van der Waals surface area contributed by atoms with Crippen molar-refractivity contribution in [3.8, 4) is 0 Å². The summed E-state index contributed by atoms with van der Waals surface area (Å²) < 4.78 is 43.5. The van der Waals surface area contributed by atoms with Crippen molar-refractivity contribution in [2.75, 3.05) is 11.1 Å². The van der Waals surface area contributed by atoms with Crippen LogP contribution < -0.4 is 10.9 Å². The minimum Gasteiger partial charge on any atom is -0.351 e. The number of anilines is 2. The molecular weight excluding hydrogens is 373 g/mol. The van der Waals surface area contributed by atoms with Gasteiger partial charge in [0.25, 0.3) is 5.56 Å². The Hall–Kier alpha value is -1.60. The molecule has 2 aliphatic rings. The third-order valence-electron chi connectivity index (χ3n) is 4.67. The Kier molecular flexibility index (Phi) is 3.85. The van der Waals surface area contributed by atoms with Crippen LogP contribution in [0.25, 0.3) is 0 Å². The molecule has 8 heteroatoms. The largest absolute Gasteiger partial charge is 0.403 e. The Labute approximate surface area is 151 Å². The molecule has 0 amide bonds. The number of fused-ring (bicyclic) bond motifs is 2. The van der Waals surface area contributed by atoms with Gasteiger partial charge in [0.05, 0.1) is 0 Å². The summed E-state index contributed by atoms with van der Waals surface area (Å²) in [5, 5.41) is 3.34. The number of hydrogen-bond donors (Lipinski definition) is 2. The molecule has 0 radical (unpaired) electrons. The molecule has 25 heavy (non-hydrogen) atoms. The van der Waals surface area contributed by atoms with E-state index in [4.69, 9.17) is 11.6 Å². The van der Waals surface area contributed by atoms with E-state index in [-0.39, 0.29) is 38.5 Å². The quantitative estimate of drug-likeness (QED) is 0.794. The highest BCUT2D eigenvalue weighted by molar-refractivity contribution is 8.00. The Morgan fingerprint density at radius 3 is 2.68 bits per heavy atom. The predicted octanol–water partition coefficient (Wildman–Crippen LogP) is 4.83. The van der Waals surface area contributed by atoms with Gasteiger partial charge in [-0.1, -0.05) is 11.6 Å². The molecule has 1 saturated carbocycles. The predicted molar refractivity (Wildman–Crippen MR) is 94.1 cm³/mol. The summed E-state index contributed by atoms with van der Waals surface area (Å²) in [6.07, 6.45) is -1.44. The summed E-state index contributed by atoms with van der Waals surface area (Å²) in [5.41, 5.74) is -2.60. The van der Waals surface area contributed by atoms with Gasteiger partial charge in [-0.25, -0.2) is 0 Å². The van der Waals surface area contributed by atoms with Crippen LogP contribution in [0.1, 0.15) is 24.0 Å². The third-order valence-corrected chi connectivity index (χ3v) is 6.44. The third kappa shape index (κ3) is 2.64. The molecule has 1 unspecified atom stereocenters. The second-order valence-electron chi connectivity index (χ2n) is 6.32. The first-order valence-electron chi connectivity index (χ1n) is 7.80. The molecule has 1 aliphatic carbocycles. The van der Waals surface area contributed by atoms with Crippen molar-refractivity contribution in [3.63, 3.8) is 0 Å². The first-order chi connectivity index (χ1) is 11.8. The van der Waals surface area contributed by atoms with E-state index in [0.29, 0.717) is 0 Å². The number of H-pyrrole nitrogens is 1. The number of nitrogens with one attached hydrogen (secondary N) is 2. The Balaban J connectivity index is 2.01. The van der Waals surface area contributed by atoms with Crippen molar-refractivity contribution in [1.82, 2.24) is 4.98 Å². The van der Waals surface area contributed by atoms with E-state index < -0.39 is 17.2 Å². The summed E-state index contributed by atoms with van der Waals surface area (Å²) >= 11 is 7.33. The number of halogens is 4. The number of aromatic amines is 1. The molecule has 0 bridgehead atoms. The topological polar surface area (TPSA) is 44.9 Å². The van der Waals surface area contributed by atoms with Crippen molar-refractivity contribution in [2.45, 2.75) is 29.7 Å². The van der Waals surface area contributed by atoms with Crippen molar-refractivity contribution in [3.05, 3.63) is 57.0 Å². The van der Waals surface area contributed by atoms with Gasteiger partial charge >= 0.3 is 6.18 Å². The van der Waals surface area contributed by atoms with Crippen LogP contribution in [0.3, 0.4) is 0 Å². The van der Waals surface area contributed by atoms with Crippen molar-refractivity contribution >= 4 is 34.7 Å². The van der Waals surface area contributed by atoms with Crippen LogP contribution in [0.5, 0.6) is 0 Å². The lowest BCUT2D eigenvalue weighted by atomic mass is 9.72. The van der Waals surface area contributed by atoms with Gasteiger partial charge in [-0.15, -0.1) is 0 Å². The van der Waals surface area contributed by atoms with Crippen molar-refractivity contribution < 1.29 is 13.2 Å². The van der Waals surface area contributed by atoms with E-state index in [1.165, 1.54) is 42.2 Å². The number of hydrogen-bond acceptors (Lipinski definition) is 3. The summed E-state index contributed by atoms with van der Waals surface area (Å²) in [4.78, 5) is 14.6. The second-order valence-corrected chi connectivity index (χ2v) is 8.05. The molecule has 2 N–H and O–H groups in total. The average Bonchev–Trinajstić information content (AvgIpc) is 3.36. The Bertz CT molecular complexity index is 894. The zero-order valence-electron chi connectivity index (χ0n) is 12.9. The highest BCUT2D eigenvalue weighted by Crippen LogP contribution is 2.56. The lowest BCUT2D eigenvalue weighted by Crippen LogP contribution is -2.49. The zero-order valence-corrected chi connectivity index (χ0v) is 14.5. The molecule has 4 rings (SSSR count). The van der Waals surface area contributed by atoms with Crippen molar-refractivity contribution in [2.24, 2.45) is 0 Å². The molecular formula is C17H14ClF3N2OS. The van der Waals surface area contributed by atoms with Gasteiger partial charge in [0.15, 0.2) is 0 Å². The van der Waals surface area contributed by atoms with Gasteiger partial charge in [-0.2, -0.15) is 24.9 Å². The summed E-state index contributed by atoms with van der Waals surface area (Å²) in [5.74, 6) is -0.174. The lowest BCUT2D eigenvalue weighted by molar-refractivity contribution is -0.171. The van der Waals surface area contributed by atoms with Crippen LogP contribution in [0.2, 0.25) is 5.02 Å². The highest BCUT2D eigenvalue weighted by atomic mass is 35.5. The molecule has 1 atom stereocenters. The van der Waals surface area contributed by atoms with Gasteiger partial charge in [-0.05, 0) is 42.7 Å². The van der Waals surface area contributed by atoms with Crippen LogP contribution in [-0.2, 0) is 5.41 Å². The normalized spacial score (nSPS) is 22.1. The highest BCUT2D eigenvalue weighted by Gasteiger charge is 2.60. The van der Waals surface area contributed by atoms with E-state index in [9.17, 15) is 18.0 Å². The van der Waals surface area contributed by atoms with E-state index in [0.717, 1.165) is 12.8 Å². The second kappa shape index (κ2) is 5.71. The zero-order chi connectivity index (χ0) is 17.8. The maximum absolute atomic E-state index is 14.5. The molecule has 3 nitrogen and oxygen atoms in total. The number of benzene rings is 1. The smallest absolute Gasteiger partial charge is 0.351 e. The van der Waals surface area contributed by atoms with Gasteiger partial charge < -0.3 is 10.3 Å². The van der Waals surface area contributed by atoms with E-state index >= 15 is 0 Å². The molecule has 132 valence electrons. The van der Waals surface area contributed by atoms with Gasteiger partial charge in [0.2, 0.25) is 0 Å². The molecule has 1 fully saturated rings. The van der Waals surface area contributed by atoms with E-state index in [1.807, 2.05) is 0 Å². The maximum Gasteiger partial charge on any atom is 0.403 e. The molecule has 0 saturated heterocycles. The standard InChI is InChI=1S/C17H14ClF3N2OS/c18-9-1-4-13-12(7-9)16(17(19,20)21,8-25-10-2-3-10)11-5-6-22-15(24)14(11)23-13/h1,4-7,10,23H,2-3,8H2,(H,22,24). The molecule has 0 spiro atoms. The number of thioether (sulfide) groups is 1. The SMILES string of the molecule is O=c1[nH]ccc2c1Nc1ccc(Cl)cc1C2(CSC1CC1)C(F)(F)F. The fourth-order valence-corrected chi connectivity index (χ4v) is 4.84. The Morgan fingerprint density at radius 2 is 2.00 bits per heavy atom. The molecule has 1 aliphatic heterocycles. The molecule has 2 heterocycles. The molecule has 1 aromatic heterocycles. The minimum absolute atomic E-state index is 0.0494. The maximum atomic E-state index is 14.5. The number of rotatable bonds is 3. The van der Waals surface area contributed by atoms with Gasteiger partial charge in [0.1, 0.15) is 11.1 Å².